The van der Waals surface area contributed by atoms with Crippen LogP contribution in [0.1, 0.15) is 51.3 Å². The lowest BCUT2D eigenvalue weighted by molar-refractivity contribution is -0.108. The van der Waals surface area contributed by atoms with E-state index in [-0.39, 0.29) is 10.1 Å². The summed E-state index contributed by atoms with van der Waals surface area (Å²) >= 11 is 3.63. The topological polar surface area (TPSA) is 47.0 Å². The molecule has 26 heavy (non-hydrogen) atoms. The lowest BCUT2D eigenvalue weighted by Crippen LogP contribution is -2.18. The monoisotopic (exact) mass is 409 g/mol. The number of ketones is 1. The number of pyridine rings is 1. The molecule has 0 spiro atoms. The summed E-state index contributed by atoms with van der Waals surface area (Å²) < 4.78 is -0.247. The van der Waals surface area contributed by atoms with Crippen molar-refractivity contribution < 1.29 is 9.59 Å². The zero-order valence-corrected chi connectivity index (χ0v) is 16.6. The molecule has 0 saturated carbocycles. The zero-order chi connectivity index (χ0) is 18.9. The van der Waals surface area contributed by atoms with Gasteiger partial charge in [-0.05, 0) is 44.0 Å². The Morgan fingerprint density at radius 1 is 1.15 bits per heavy atom. The number of carbonyl (C=O) groups is 2. The molecule has 2 aromatic rings. The third-order valence-electron chi connectivity index (χ3n) is 4.59. The van der Waals surface area contributed by atoms with Gasteiger partial charge in [-0.25, -0.2) is 0 Å². The van der Waals surface area contributed by atoms with Crippen LogP contribution >= 0.6 is 15.9 Å². The highest BCUT2D eigenvalue weighted by Crippen LogP contribution is 2.30. The van der Waals surface area contributed by atoms with Crippen LogP contribution in [0.4, 0.5) is 0 Å². The number of Topliss-reactive ketones (excluding diaryl/α,β-unsaturated/α-hetero) is 1. The molecule has 1 aromatic heterocycles. The number of carbonyl (C=O) groups excluding carboxylic acids is 2. The maximum absolute atomic E-state index is 13.0. The molecule has 0 amide bonds. The highest BCUT2D eigenvalue weighted by atomic mass is 79.9. The Balaban J connectivity index is 2.08. The molecule has 132 valence electrons. The summed E-state index contributed by atoms with van der Waals surface area (Å²) in [6.45, 7) is 5.80. The van der Waals surface area contributed by atoms with Gasteiger partial charge in [0.1, 0.15) is 12.2 Å². The third kappa shape index (κ3) is 3.61. The van der Waals surface area contributed by atoms with Crippen LogP contribution in [0.25, 0.3) is 12.2 Å². The van der Waals surface area contributed by atoms with Crippen molar-refractivity contribution in [2.24, 2.45) is 0 Å². The molecule has 1 aromatic carbocycles. The number of hydrogen-bond acceptors (Lipinski definition) is 3. The van der Waals surface area contributed by atoms with E-state index >= 15 is 0 Å². The van der Waals surface area contributed by atoms with Gasteiger partial charge < -0.3 is 4.79 Å². The van der Waals surface area contributed by atoms with Crippen molar-refractivity contribution in [3.8, 4) is 0 Å². The second-order valence-electron chi connectivity index (χ2n) is 6.78. The average Bonchev–Trinajstić information content (AvgIpc) is 2.75. The van der Waals surface area contributed by atoms with Crippen LogP contribution in [-0.2, 0) is 4.79 Å². The van der Waals surface area contributed by atoms with Crippen molar-refractivity contribution in [2.45, 2.75) is 31.0 Å². The number of rotatable bonds is 4. The Bertz CT molecular complexity index is 941. The van der Waals surface area contributed by atoms with Gasteiger partial charge in [-0.2, -0.15) is 0 Å². The van der Waals surface area contributed by atoms with Gasteiger partial charge in [0.05, 0.1) is 15.7 Å². The number of alkyl halides is 1. The quantitative estimate of drug-likeness (QED) is 0.307. The standard InChI is InChI=1S/C22H20BrNO2/c1-14-6-4-5-7-17(14)21(26)18(13-25)20-15(2)12-16-8-10-22(3,23)11-9-19(16)24-20/h4-13,18H,1-3H3. The number of allylic oxidation sites excluding steroid dienone is 2. The first kappa shape index (κ1) is 18.5. The summed E-state index contributed by atoms with van der Waals surface area (Å²) in [4.78, 5) is 29.5. The second kappa shape index (κ2) is 7.12. The number of aromatic nitrogens is 1. The van der Waals surface area contributed by atoms with Crippen molar-refractivity contribution in [3.05, 3.63) is 76.1 Å². The van der Waals surface area contributed by atoms with Crippen LogP contribution in [0.5, 0.6) is 0 Å². The Hall–Kier alpha value is -2.33. The lowest BCUT2D eigenvalue weighted by Gasteiger charge is -2.15. The molecule has 0 fully saturated rings. The smallest absolute Gasteiger partial charge is 0.179 e. The molecule has 0 aliphatic heterocycles. The number of fused-ring (bicyclic) bond motifs is 1. The van der Waals surface area contributed by atoms with E-state index in [4.69, 9.17) is 0 Å². The normalized spacial score (nSPS) is 19.5. The molecule has 0 saturated heterocycles. The number of halogens is 1. The van der Waals surface area contributed by atoms with Crippen LogP contribution in [0.2, 0.25) is 0 Å². The number of benzene rings is 1. The lowest BCUT2D eigenvalue weighted by atomic mass is 9.90. The van der Waals surface area contributed by atoms with Gasteiger partial charge in [0.15, 0.2) is 5.78 Å². The van der Waals surface area contributed by atoms with E-state index in [0.717, 1.165) is 22.4 Å². The maximum Gasteiger partial charge on any atom is 0.179 e. The van der Waals surface area contributed by atoms with Crippen LogP contribution in [-0.4, -0.2) is 21.4 Å². The Morgan fingerprint density at radius 2 is 1.85 bits per heavy atom. The molecule has 1 heterocycles. The minimum atomic E-state index is -0.905. The van der Waals surface area contributed by atoms with Gasteiger partial charge >= 0.3 is 0 Å². The molecular weight excluding hydrogens is 390 g/mol. The highest BCUT2D eigenvalue weighted by Gasteiger charge is 2.27. The molecule has 0 N–H and O–H groups in total. The van der Waals surface area contributed by atoms with Gasteiger partial charge in [0.2, 0.25) is 0 Å². The highest BCUT2D eigenvalue weighted by molar-refractivity contribution is 9.10. The zero-order valence-electron chi connectivity index (χ0n) is 15.0. The number of aryl methyl sites for hydroxylation is 2. The van der Waals surface area contributed by atoms with Gasteiger partial charge in [-0.1, -0.05) is 58.4 Å². The summed E-state index contributed by atoms with van der Waals surface area (Å²) in [5, 5.41) is 0. The van der Waals surface area contributed by atoms with Crippen molar-refractivity contribution in [1.29, 1.82) is 0 Å². The molecule has 4 heteroatoms. The molecule has 3 rings (SSSR count). The van der Waals surface area contributed by atoms with Crippen molar-refractivity contribution in [2.75, 3.05) is 0 Å². The predicted octanol–water partition coefficient (Wildman–Crippen LogP) is 5.06. The number of hydrogen-bond donors (Lipinski definition) is 0. The van der Waals surface area contributed by atoms with E-state index in [1.807, 2.05) is 69.3 Å². The number of aldehydes is 1. The molecule has 3 nitrogen and oxygen atoms in total. The minimum Gasteiger partial charge on any atom is -0.302 e. The Labute approximate surface area is 162 Å². The largest absolute Gasteiger partial charge is 0.302 e. The van der Waals surface area contributed by atoms with E-state index in [1.54, 1.807) is 6.07 Å². The first-order valence-electron chi connectivity index (χ1n) is 8.46. The second-order valence-corrected chi connectivity index (χ2v) is 8.48. The first-order valence-corrected chi connectivity index (χ1v) is 9.26. The first-order chi connectivity index (χ1) is 12.3. The van der Waals surface area contributed by atoms with E-state index in [1.165, 1.54) is 0 Å². The fraction of sp³-hybridized carbons (Fsp3) is 0.227. The van der Waals surface area contributed by atoms with Crippen LogP contribution < -0.4 is 0 Å². The summed E-state index contributed by atoms with van der Waals surface area (Å²) in [6, 6.07) is 9.29. The van der Waals surface area contributed by atoms with Gasteiger partial charge in [-0.15, -0.1) is 0 Å². The Morgan fingerprint density at radius 3 is 2.54 bits per heavy atom. The minimum absolute atomic E-state index is 0.216. The summed E-state index contributed by atoms with van der Waals surface area (Å²) in [7, 11) is 0. The molecule has 2 atom stereocenters. The van der Waals surface area contributed by atoms with E-state index in [9.17, 15) is 9.59 Å². The predicted molar refractivity (Wildman–Crippen MR) is 109 cm³/mol. The molecule has 2 unspecified atom stereocenters. The summed E-state index contributed by atoms with van der Waals surface area (Å²) in [5.74, 6) is -1.12. The fourth-order valence-electron chi connectivity index (χ4n) is 3.06. The van der Waals surface area contributed by atoms with Gasteiger partial charge in [-0.3, -0.25) is 9.78 Å². The van der Waals surface area contributed by atoms with E-state index in [0.29, 0.717) is 17.5 Å². The SMILES string of the molecule is Cc1ccccc1C(=O)C(C=O)c1nc2c(cc1C)C=CC(C)(Br)C=C2. The molecule has 0 radical (unpaired) electrons. The summed E-state index contributed by atoms with van der Waals surface area (Å²) in [6.07, 6.45) is 8.67. The summed E-state index contributed by atoms with van der Waals surface area (Å²) in [5.41, 5.74) is 4.49. The van der Waals surface area contributed by atoms with E-state index in [2.05, 4.69) is 20.9 Å². The van der Waals surface area contributed by atoms with Crippen molar-refractivity contribution >= 4 is 40.2 Å². The average molecular weight is 410 g/mol. The van der Waals surface area contributed by atoms with Gasteiger partial charge in [0, 0.05) is 11.1 Å². The number of nitrogens with zero attached hydrogens (tertiary/aromatic N) is 1. The molecule has 1 aliphatic carbocycles. The van der Waals surface area contributed by atoms with Crippen molar-refractivity contribution in [3.63, 3.8) is 0 Å². The fourth-order valence-corrected chi connectivity index (χ4v) is 3.33. The van der Waals surface area contributed by atoms with Crippen LogP contribution in [0.15, 0.2) is 42.5 Å². The van der Waals surface area contributed by atoms with Gasteiger partial charge in [0.25, 0.3) is 0 Å². The Kier molecular flexibility index (Phi) is 5.05. The maximum atomic E-state index is 13.0. The van der Waals surface area contributed by atoms with E-state index < -0.39 is 5.92 Å². The molecule has 0 bridgehead atoms. The third-order valence-corrected chi connectivity index (χ3v) is 5.12. The van der Waals surface area contributed by atoms with Crippen LogP contribution in [0.3, 0.4) is 0 Å². The molecule has 1 aliphatic rings. The van der Waals surface area contributed by atoms with Crippen molar-refractivity contribution in [1.82, 2.24) is 4.98 Å². The molecular formula is C22H20BrNO2. The van der Waals surface area contributed by atoms with Crippen LogP contribution in [0, 0.1) is 13.8 Å².